The fourth-order valence-corrected chi connectivity index (χ4v) is 5.16. The molecule has 7 heteroatoms. The number of methoxy groups -OCH3 is 1. The van der Waals surface area contributed by atoms with Crippen LogP contribution >= 0.6 is 11.6 Å². The summed E-state index contributed by atoms with van der Waals surface area (Å²) < 4.78 is 5.40. The third-order valence-electron chi connectivity index (χ3n) is 6.94. The summed E-state index contributed by atoms with van der Waals surface area (Å²) >= 11 is 6.87. The molecular formula is C33H36ClN3O3. The molecule has 0 spiro atoms. The van der Waals surface area contributed by atoms with Crippen LogP contribution in [0, 0.1) is 27.7 Å². The molecule has 40 heavy (non-hydrogen) atoms. The second-order valence-corrected chi connectivity index (χ2v) is 11.6. The molecule has 0 saturated carbocycles. The highest BCUT2D eigenvalue weighted by atomic mass is 35.5. The van der Waals surface area contributed by atoms with Gasteiger partial charge in [-0.25, -0.2) is 4.98 Å². The zero-order valence-electron chi connectivity index (χ0n) is 24.3. The van der Waals surface area contributed by atoms with Crippen molar-refractivity contribution >= 4 is 40.0 Å². The maximum Gasteiger partial charge on any atom is 0.259 e. The quantitative estimate of drug-likeness (QED) is 0.250. The number of rotatable bonds is 6. The van der Waals surface area contributed by atoms with Crippen molar-refractivity contribution in [3.63, 3.8) is 0 Å². The molecule has 4 aromatic rings. The van der Waals surface area contributed by atoms with Gasteiger partial charge < -0.3 is 10.1 Å². The van der Waals surface area contributed by atoms with Gasteiger partial charge in [0, 0.05) is 27.7 Å². The van der Waals surface area contributed by atoms with E-state index >= 15 is 0 Å². The minimum atomic E-state index is -1.11. The first-order valence-corrected chi connectivity index (χ1v) is 13.6. The van der Waals surface area contributed by atoms with Gasteiger partial charge in [0.05, 0.1) is 12.6 Å². The fraction of sp³-hybridized carbons (Fsp3) is 0.303. The smallest absolute Gasteiger partial charge is 0.259 e. The van der Waals surface area contributed by atoms with Crippen molar-refractivity contribution in [1.29, 1.82) is 0 Å². The average molecular weight is 558 g/mol. The van der Waals surface area contributed by atoms with E-state index in [0.717, 1.165) is 33.2 Å². The van der Waals surface area contributed by atoms with Crippen molar-refractivity contribution < 1.29 is 14.3 Å². The van der Waals surface area contributed by atoms with Gasteiger partial charge >= 0.3 is 0 Å². The molecule has 0 aliphatic rings. The number of aromatic nitrogens is 1. The van der Waals surface area contributed by atoms with E-state index in [2.05, 4.69) is 11.4 Å². The predicted octanol–water partition coefficient (Wildman–Crippen LogP) is 7.43. The summed E-state index contributed by atoms with van der Waals surface area (Å²) in [7, 11) is 1.55. The third kappa shape index (κ3) is 5.97. The van der Waals surface area contributed by atoms with Crippen LogP contribution in [0.2, 0.25) is 5.15 Å². The van der Waals surface area contributed by atoms with Gasteiger partial charge in [0.2, 0.25) is 5.91 Å². The normalized spacial score (nSPS) is 12.2. The Hall–Kier alpha value is -3.90. The number of hydrogen-bond donors (Lipinski definition) is 1. The Bertz CT molecular complexity index is 1610. The van der Waals surface area contributed by atoms with Crippen LogP contribution in [0.3, 0.4) is 0 Å². The van der Waals surface area contributed by atoms with Crippen molar-refractivity contribution in [2.24, 2.45) is 0 Å². The molecule has 0 fully saturated rings. The number of aryl methyl sites for hydroxylation is 3. The lowest BCUT2D eigenvalue weighted by molar-refractivity contribution is -0.123. The molecule has 1 unspecified atom stereocenters. The number of fused-ring (bicyclic) bond motifs is 1. The Balaban J connectivity index is 2.05. The minimum Gasteiger partial charge on any atom is -0.497 e. The highest BCUT2D eigenvalue weighted by Gasteiger charge is 2.37. The molecule has 0 bridgehead atoms. The molecule has 4 rings (SSSR count). The molecule has 1 N–H and O–H groups in total. The van der Waals surface area contributed by atoms with E-state index in [1.54, 1.807) is 31.4 Å². The molecule has 1 atom stereocenters. The third-order valence-corrected chi connectivity index (χ3v) is 7.24. The first-order chi connectivity index (χ1) is 18.8. The van der Waals surface area contributed by atoms with Gasteiger partial charge in [-0.05, 0) is 107 Å². The lowest BCUT2D eigenvalue weighted by Gasteiger charge is -2.35. The summed E-state index contributed by atoms with van der Waals surface area (Å²) in [5.74, 6) is -0.185. The lowest BCUT2D eigenvalue weighted by atomic mass is 9.96. The summed E-state index contributed by atoms with van der Waals surface area (Å²) in [6.45, 7) is 13.6. The van der Waals surface area contributed by atoms with Gasteiger partial charge in [-0.1, -0.05) is 35.9 Å². The Morgan fingerprint density at radius 1 is 0.950 bits per heavy atom. The number of anilines is 1. The highest BCUT2D eigenvalue weighted by Crippen LogP contribution is 2.38. The summed E-state index contributed by atoms with van der Waals surface area (Å²) in [6, 6.07) is 17.5. The molecule has 6 nitrogen and oxygen atoms in total. The molecule has 0 radical (unpaired) electrons. The van der Waals surface area contributed by atoms with E-state index in [0.29, 0.717) is 22.6 Å². The van der Waals surface area contributed by atoms with Crippen molar-refractivity contribution in [1.82, 2.24) is 10.3 Å². The second-order valence-electron chi connectivity index (χ2n) is 11.3. The molecular weight excluding hydrogens is 522 g/mol. The van der Waals surface area contributed by atoms with Gasteiger partial charge in [0.15, 0.2) is 0 Å². The van der Waals surface area contributed by atoms with E-state index < -0.39 is 11.6 Å². The van der Waals surface area contributed by atoms with Crippen LogP contribution in [0.15, 0.2) is 60.7 Å². The SMILES string of the molecule is COc1cccc(C(=O)N(c2cccc(C)c2C)C(C(=O)NC(C)(C)C)c2cc3c(C)cc(C)cc3nc2Cl)c1. The Labute approximate surface area is 241 Å². The van der Waals surface area contributed by atoms with E-state index in [-0.39, 0.29) is 17.0 Å². The number of hydrogen-bond acceptors (Lipinski definition) is 4. The molecule has 0 aliphatic heterocycles. The topological polar surface area (TPSA) is 71.5 Å². The van der Waals surface area contributed by atoms with E-state index in [1.807, 2.05) is 78.8 Å². The number of nitrogens with zero attached hydrogens (tertiary/aromatic N) is 2. The van der Waals surface area contributed by atoms with Gasteiger partial charge in [0.1, 0.15) is 16.9 Å². The van der Waals surface area contributed by atoms with Crippen LogP contribution in [0.25, 0.3) is 10.9 Å². The maximum atomic E-state index is 14.5. The minimum absolute atomic E-state index is 0.167. The number of benzene rings is 3. The molecule has 208 valence electrons. The van der Waals surface area contributed by atoms with Crippen LogP contribution < -0.4 is 15.0 Å². The molecule has 0 aliphatic carbocycles. The number of carbonyl (C=O) groups is 2. The standard InChI is InChI=1S/C33H36ClN3O3/c1-19-15-21(3)25-18-26(30(34)35-27(25)16-19)29(31(38)36-33(5,6)7)37(28-14-9-11-20(2)22(28)4)32(39)23-12-10-13-24(17-23)40-8/h9-18,29H,1-8H3,(H,36,38). The first kappa shape index (κ1) is 29.1. The Morgan fingerprint density at radius 3 is 2.33 bits per heavy atom. The monoisotopic (exact) mass is 557 g/mol. The summed E-state index contributed by atoms with van der Waals surface area (Å²) in [5, 5.41) is 4.12. The van der Waals surface area contributed by atoms with Gasteiger partial charge in [-0.3, -0.25) is 14.5 Å². The van der Waals surface area contributed by atoms with Crippen molar-refractivity contribution in [2.45, 2.75) is 60.0 Å². The number of pyridine rings is 1. The number of halogens is 1. The first-order valence-electron chi connectivity index (χ1n) is 13.2. The number of carbonyl (C=O) groups excluding carboxylic acids is 2. The van der Waals surface area contributed by atoms with Crippen molar-refractivity contribution in [3.8, 4) is 5.75 Å². The number of amides is 2. The van der Waals surface area contributed by atoms with Gasteiger partial charge in [0.25, 0.3) is 5.91 Å². The van der Waals surface area contributed by atoms with E-state index in [9.17, 15) is 9.59 Å². The van der Waals surface area contributed by atoms with Crippen LogP contribution in [0.5, 0.6) is 5.75 Å². The largest absolute Gasteiger partial charge is 0.497 e. The molecule has 0 saturated heterocycles. The summed E-state index contributed by atoms with van der Waals surface area (Å²) in [6.07, 6.45) is 0. The molecule has 2 amide bonds. The Kier molecular flexibility index (Phi) is 8.22. The highest BCUT2D eigenvalue weighted by molar-refractivity contribution is 6.31. The van der Waals surface area contributed by atoms with E-state index in [1.165, 1.54) is 4.90 Å². The molecule has 1 aromatic heterocycles. The lowest BCUT2D eigenvalue weighted by Crippen LogP contribution is -2.49. The Morgan fingerprint density at radius 2 is 1.65 bits per heavy atom. The zero-order chi connectivity index (χ0) is 29.4. The van der Waals surface area contributed by atoms with Crippen LogP contribution in [-0.4, -0.2) is 29.4 Å². The maximum absolute atomic E-state index is 14.5. The second kappa shape index (κ2) is 11.3. The van der Waals surface area contributed by atoms with Crippen molar-refractivity contribution in [3.05, 3.63) is 99.2 Å². The van der Waals surface area contributed by atoms with Crippen LogP contribution in [0.4, 0.5) is 5.69 Å². The predicted molar refractivity (Wildman–Crippen MR) is 163 cm³/mol. The van der Waals surface area contributed by atoms with Crippen molar-refractivity contribution in [2.75, 3.05) is 12.0 Å². The zero-order valence-corrected chi connectivity index (χ0v) is 25.1. The summed E-state index contributed by atoms with van der Waals surface area (Å²) in [4.78, 5) is 35.0. The fourth-order valence-electron chi connectivity index (χ4n) is 4.91. The van der Waals surface area contributed by atoms with Crippen LogP contribution in [0.1, 0.15) is 65.0 Å². The van der Waals surface area contributed by atoms with Crippen LogP contribution in [-0.2, 0) is 4.79 Å². The average Bonchev–Trinajstić information content (AvgIpc) is 2.87. The number of nitrogens with one attached hydrogen (secondary N) is 1. The molecule has 3 aromatic carbocycles. The number of ether oxygens (including phenoxy) is 1. The van der Waals surface area contributed by atoms with Gasteiger partial charge in [-0.15, -0.1) is 0 Å². The summed E-state index contributed by atoms with van der Waals surface area (Å²) in [5.41, 5.74) is 5.55. The van der Waals surface area contributed by atoms with Gasteiger partial charge in [-0.2, -0.15) is 0 Å². The molecule has 1 heterocycles. The van der Waals surface area contributed by atoms with E-state index in [4.69, 9.17) is 21.3 Å².